The van der Waals surface area contributed by atoms with Crippen LogP contribution in [0.3, 0.4) is 0 Å². The van der Waals surface area contributed by atoms with Crippen LogP contribution in [0.25, 0.3) is 0 Å². The first kappa shape index (κ1) is 17.7. The van der Waals surface area contributed by atoms with Gasteiger partial charge in [0.25, 0.3) is 0 Å². The predicted molar refractivity (Wildman–Crippen MR) is 83.6 cm³/mol. The van der Waals surface area contributed by atoms with Gasteiger partial charge >= 0.3 is 0 Å². The zero-order valence-corrected chi connectivity index (χ0v) is 14.3. The third-order valence-corrected chi connectivity index (χ3v) is 4.86. The van der Waals surface area contributed by atoms with Crippen molar-refractivity contribution in [3.63, 3.8) is 0 Å². The average molecular weight is 312 g/mol. The average Bonchev–Trinajstić information content (AvgIpc) is 2.25. The van der Waals surface area contributed by atoms with Crippen LogP contribution in [0, 0.1) is 13.8 Å². The highest BCUT2D eigenvalue weighted by Gasteiger charge is 2.25. The van der Waals surface area contributed by atoms with Gasteiger partial charge < -0.3 is 5.32 Å². The largest absolute Gasteiger partial charge is 0.350 e. The molecular formula is C15H24N2O3S. The number of amides is 1. The monoisotopic (exact) mass is 312 g/mol. The smallest absolute Gasteiger partial charge is 0.243 e. The van der Waals surface area contributed by atoms with Crippen molar-refractivity contribution in [2.75, 3.05) is 13.6 Å². The Balaban J connectivity index is 2.95. The van der Waals surface area contributed by atoms with Gasteiger partial charge in [0, 0.05) is 12.6 Å². The maximum Gasteiger partial charge on any atom is 0.243 e. The van der Waals surface area contributed by atoms with Crippen LogP contribution in [0.1, 0.15) is 31.9 Å². The summed E-state index contributed by atoms with van der Waals surface area (Å²) in [4.78, 5) is 12.1. The van der Waals surface area contributed by atoms with E-state index < -0.39 is 10.0 Å². The summed E-state index contributed by atoms with van der Waals surface area (Å²) in [6, 6.07) is 5.15. The molecule has 0 spiro atoms. The molecule has 0 aliphatic carbocycles. The van der Waals surface area contributed by atoms with Crippen LogP contribution in [0.2, 0.25) is 0 Å². The highest BCUT2D eigenvalue weighted by atomic mass is 32.2. The molecule has 0 fully saturated rings. The van der Waals surface area contributed by atoms with Gasteiger partial charge in [-0.15, -0.1) is 0 Å². The number of sulfonamides is 1. The molecule has 21 heavy (non-hydrogen) atoms. The summed E-state index contributed by atoms with van der Waals surface area (Å²) in [5, 5.41) is 2.75. The summed E-state index contributed by atoms with van der Waals surface area (Å²) >= 11 is 0. The number of carbonyl (C=O) groups is 1. The molecule has 5 nitrogen and oxygen atoms in total. The molecule has 0 aliphatic heterocycles. The first-order valence-corrected chi connectivity index (χ1v) is 8.22. The van der Waals surface area contributed by atoms with Gasteiger partial charge in [-0.3, -0.25) is 4.79 Å². The molecule has 0 heterocycles. The molecule has 1 aromatic carbocycles. The zero-order chi connectivity index (χ0) is 16.4. The Hall–Kier alpha value is -1.40. The molecule has 0 radical (unpaired) electrons. The summed E-state index contributed by atoms with van der Waals surface area (Å²) in [5.41, 5.74) is 1.29. The van der Waals surface area contributed by atoms with Crippen LogP contribution in [0.5, 0.6) is 0 Å². The van der Waals surface area contributed by atoms with Crippen molar-refractivity contribution in [2.24, 2.45) is 0 Å². The second-order valence-corrected chi connectivity index (χ2v) is 8.34. The van der Waals surface area contributed by atoms with Crippen molar-refractivity contribution in [3.05, 3.63) is 29.3 Å². The van der Waals surface area contributed by atoms with Crippen LogP contribution < -0.4 is 5.32 Å². The zero-order valence-electron chi connectivity index (χ0n) is 13.5. The fourth-order valence-electron chi connectivity index (χ4n) is 2.00. The number of likely N-dealkylation sites (N-methyl/N-ethyl adjacent to an activating group) is 1. The van der Waals surface area contributed by atoms with Crippen LogP contribution >= 0.6 is 0 Å². The van der Waals surface area contributed by atoms with Gasteiger partial charge in [0.05, 0.1) is 11.4 Å². The van der Waals surface area contributed by atoms with E-state index >= 15 is 0 Å². The van der Waals surface area contributed by atoms with Crippen molar-refractivity contribution in [3.8, 4) is 0 Å². The van der Waals surface area contributed by atoms with E-state index in [4.69, 9.17) is 0 Å². The Morgan fingerprint density at radius 2 is 1.81 bits per heavy atom. The molecule has 0 aromatic heterocycles. The quantitative estimate of drug-likeness (QED) is 0.922. The summed E-state index contributed by atoms with van der Waals surface area (Å²) in [5.74, 6) is -0.321. The number of nitrogens with zero attached hydrogens (tertiary/aromatic N) is 1. The number of hydrogen-bond acceptors (Lipinski definition) is 3. The van der Waals surface area contributed by atoms with Crippen molar-refractivity contribution in [1.82, 2.24) is 9.62 Å². The van der Waals surface area contributed by atoms with E-state index in [0.717, 1.165) is 9.87 Å². The molecule has 0 unspecified atom stereocenters. The second-order valence-electron chi connectivity index (χ2n) is 6.33. The van der Waals surface area contributed by atoms with Gasteiger partial charge in [0.1, 0.15) is 0 Å². The third kappa shape index (κ3) is 4.82. The maximum absolute atomic E-state index is 12.5. The number of carbonyl (C=O) groups excluding carboxylic acids is 1. The lowest BCUT2D eigenvalue weighted by molar-refractivity contribution is -0.122. The highest BCUT2D eigenvalue weighted by molar-refractivity contribution is 7.89. The number of hydrogen-bond donors (Lipinski definition) is 1. The summed E-state index contributed by atoms with van der Waals surface area (Å²) in [6.07, 6.45) is 0. The van der Waals surface area contributed by atoms with E-state index in [2.05, 4.69) is 5.32 Å². The molecule has 1 N–H and O–H groups in total. The van der Waals surface area contributed by atoms with E-state index in [1.165, 1.54) is 7.05 Å². The molecular weight excluding hydrogens is 288 g/mol. The van der Waals surface area contributed by atoms with Crippen LogP contribution in [0.15, 0.2) is 23.1 Å². The standard InChI is InChI=1S/C15H24N2O3S/c1-11-7-8-13(12(2)9-11)21(19,20)17(6)10-14(18)16-15(3,4)5/h7-9H,10H2,1-6H3,(H,16,18). The summed E-state index contributed by atoms with van der Waals surface area (Å²) in [7, 11) is -2.25. The van der Waals surface area contributed by atoms with E-state index in [0.29, 0.717) is 5.56 Å². The fourth-order valence-corrected chi connectivity index (χ4v) is 3.33. The van der Waals surface area contributed by atoms with Crippen LogP contribution in [-0.2, 0) is 14.8 Å². The first-order chi connectivity index (χ1) is 9.43. The van der Waals surface area contributed by atoms with Gasteiger partial charge in [-0.25, -0.2) is 8.42 Å². The minimum atomic E-state index is -3.66. The fraction of sp³-hybridized carbons (Fsp3) is 0.533. The number of aryl methyl sites for hydroxylation is 2. The Labute approximate surface area is 127 Å². The molecule has 0 bridgehead atoms. The molecule has 1 amide bonds. The SMILES string of the molecule is Cc1ccc(S(=O)(=O)N(C)CC(=O)NC(C)(C)C)c(C)c1. The first-order valence-electron chi connectivity index (χ1n) is 6.78. The molecule has 6 heteroatoms. The molecule has 0 saturated heterocycles. The van der Waals surface area contributed by atoms with Gasteiger partial charge in [-0.2, -0.15) is 4.31 Å². The third-order valence-electron chi connectivity index (χ3n) is 2.90. The van der Waals surface area contributed by atoms with Crippen molar-refractivity contribution in [2.45, 2.75) is 45.1 Å². The summed E-state index contributed by atoms with van der Waals surface area (Å²) in [6.45, 7) is 9.01. The predicted octanol–water partition coefficient (Wildman–Crippen LogP) is 1.84. The van der Waals surface area contributed by atoms with E-state index in [1.54, 1.807) is 19.1 Å². The second kappa shape index (κ2) is 6.15. The lowest BCUT2D eigenvalue weighted by Gasteiger charge is -2.23. The minimum absolute atomic E-state index is 0.201. The molecule has 118 valence electrons. The van der Waals surface area contributed by atoms with Crippen molar-refractivity contribution < 1.29 is 13.2 Å². The van der Waals surface area contributed by atoms with E-state index in [-0.39, 0.29) is 22.9 Å². The van der Waals surface area contributed by atoms with Gasteiger partial charge in [0.2, 0.25) is 15.9 Å². The number of nitrogens with one attached hydrogen (secondary N) is 1. The number of benzene rings is 1. The lowest BCUT2D eigenvalue weighted by atomic mass is 10.1. The molecule has 0 saturated carbocycles. The normalized spacial score (nSPS) is 12.5. The van der Waals surface area contributed by atoms with Crippen LogP contribution in [-0.4, -0.2) is 37.8 Å². The molecule has 1 rings (SSSR count). The van der Waals surface area contributed by atoms with E-state index in [9.17, 15) is 13.2 Å². The highest BCUT2D eigenvalue weighted by Crippen LogP contribution is 2.19. The van der Waals surface area contributed by atoms with E-state index in [1.807, 2.05) is 33.8 Å². The summed E-state index contributed by atoms with van der Waals surface area (Å²) < 4.78 is 26.1. The molecule has 1 aromatic rings. The minimum Gasteiger partial charge on any atom is -0.350 e. The van der Waals surface area contributed by atoms with Gasteiger partial charge in [-0.05, 0) is 46.2 Å². The molecule has 0 atom stereocenters. The maximum atomic E-state index is 12.5. The Morgan fingerprint density at radius 3 is 2.29 bits per heavy atom. The van der Waals surface area contributed by atoms with Crippen molar-refractivity contribution >= 4 is 15.9 Å². The number of rotatable bonds is 4. The topological polar surface area (TPSA) is 66.5 Å². The van der Waals surface area contributed by atoms with Gasteiger partial charge in [-0.1, -0.05) is 17.7 Å². The van der Waals surface area contributed by atoms with Gasteiger partial charge in [0.15, 0.2) is 0 Å². The Morgan fingerprint density at radius 1 is 1.24 bits per heavy atom. The van der Waals surface area contributed by atoms with Crippen molar-refractivity contribution in [1.29, 1.82) is 0 Å². The lowest BCUT2D eigenvalue weighted by Crippen LogP contribution is -2.46. The Kier molecular flexibility index (Phi) is 5.17. The molecule has 0 aliphatic rings. The Bertz CT molecular complexity index is 631. The van der Waals surface area contributed by atoms with Crippen LogP contribution in [0.4, 0.5) is 0 Å².